The van der Waals surface area contributed by atoms with Crippen molar-refractivity contribution in [3.8, 4) is 0 Å². The molecule has 1 atom stereocenters. The van der Waals surface area contributed by atoms with Crippen LogP contribution in [0.25, 0.3) is 0 Å². The highest BCUT2D eigenvalue weighted by Crippen LogP contribution is 2.23. The van der Waals surface area contributed by atoms with Crippen LogP contribution >= 0.6 is 0 Å². The second-order valence-corrected chi connectivity index (χ2v) is 6.38. The van der Waals surface area contributed by atoms with E-state index in [1.165, 1.54) is 11.1 Å². The molecule has 0 aromatic heterocycles. The molecule has 0 saturated carbocycles. The summed E-state index contributed by atoms with van der Waals surface area (Å²) >= 11 is 0. The first-order chi connectivity index (χ1) is 12.1. The highest BCUT2D eigenvalue weighted by atomic mass is 16.5. The van der Waals surface area contributed by atoms with Crippen LogP contribution in [-0.4, -0.2) is 25.0 Å². The van der Waals surface area contributed by atoms with Gasteiger partial charge in [-0.25, -0.2) is 4.79 Å². The van der Waals surface area contributed by atoms with Gasteiger partial charge in [0.15, 0.2) is 6.10 Å². The number of rotatable bonds is 6. The summed E-state index contributed by atoms with van der Waals surface area (Å²) in [5.41, 5.74) is 4.56. The monoisotopic (exact) mass is 338 g/mol. The van der Waals surface area contributed by atoms with Crippen molar-refractivity contribution in [3.63, 3.8) is 0 Å². The third kappa shape index (κ3) is 3.97. The molecule has 2 aromatic rings. The summed E-state index contributed by atoms with van der Waals surface area (Å²) in [6.45, 7) is 2.11. The fourth-order valence-corrected chi connectivity index (χ4v) is 3.15. The highest BCUT2D eigenvalue weighted by Gasteiger charge is 2.22. The number of hydrogen-bond acceptors (Lipinski definition) is 4. The molecule has 0 saturated heterocycles. The van der Waals surface area contributed by atoms with Gasteiger partial charge in [0.1, 0.15) is 0 Å². The summed E-state index contributed by atoms with van der Waals surface area (Å²) in [6, 6.07) is 12.8. The molecule has 3 rings (SSSR count). The predicted octanol–water partition coefficient (Wildman–Crippen LogP) is 3.75. The first-order valence-electron chi connectivity index (χ1n) is 8.53. The van der Waals surface area contributed by atoms with Gasteiger partial charge in [0.2, 0.25) is 5.78 Å². The van der Waals surface area contributed by atoms with E-state index in [2.05, 4.69) is 0 Å². The number of carbonyl (C=O) groups excluding carboxylic acids is 2. The molecule has 0 unspecified atom stereocenters. The van der Waals surface area contributed by atoms with Crippen molar-refractivity contribution >= 4 is 11.8 Å². The maximum absolute atomic E-state index is 12.6. The number of methoxy groups -OCH3 is 1. The van der Waals surface area contributed by atoms with E-state index in [-0.39, 0.29) is 5.78 Å². The summed E-state index contributed by atoms with van der Waals surface area (Å²) in [6.07, 6.45) is 2.41. The molecule has 0 heterocycles. The number of ketones is 1. The molecule has 0 fully saturated rings. The smallest absolute Gasteiger partial charge is 0.338 e. The predicted molar refractivity (Wildman–Crippen MR) is 94.8 cm³/mol. The second kappa shape index (κ2) is 7.62. The molecule has 130 valence electrons. The van der Waals surface area contributed by atoms with Gasteiger partial charge in [-0.15, -0.1) is 0 Å². The minimum Gasteiger partial charge on any atom is -0.451 e. The Morgan fingerprint density at radius 3 is 2.40 bits per heavy atom. The maximum Gasteiger partial charge on any atom is 0.338 e. The topological polar surface area (TPSA) is 52.6 Å². The number of ether oxygens (including phenoxy) is 2. The van der Waals surface area contributed by atoms with Crippen molar-refractivity contribution in [1.29, 1.82) is 0 Å². The molecule has 0 bridgehead atoms. The lowest BCUT2D eigenvalue weighted by atomic mass is 10.0. The lowest BCUT2D eigenvalue weighted by Gasteiger charge is -2.13. The van der Waals surface area contributed by atoms with Crippen molar-refractivity contribution in [3.05, 3.63) is 70.3 Å². The van der Waals surface area contributed by atoms with E-state index in [0.29, 0.717) is 17.7 Å². The minimum absolute atomic E-state index is 0.168. The minimum atomic E-state index is -0.814. The van der Waals surface area contributed by atoms with Crippen LogP contribution in [0, 0.1) is 0 Å². The molecule has 25 heavy (non-hydrogen) atoms. The van der Waals surface area contributed by atoms with Gasteiger partial charge in [-0.3, -0.25) is 4.79 Å². The van der Waals surface area contributed by atoms with E-state index in [1.807, 2.05) is 30.3 Å². The van der Waals surface area contributed by atoms with Crippen LogP contribution < -0.4 is 0 Å². The molecule has 4 nitrogen and oxygen atoms in total. The molecule has 0 N–H and O–H groups in total. The van der Waals surface area contributed by atoms with E-state index in [0.717, 1.165) is 24.8 Å². The van der Waals surface area contributed by atoms with Crippen molar-refractivity contribution in [2.24, 2.45) is 0 Å². The maximum atomic E-state index is 12.6. The van der Waals surface area contributed by atoms with Crippen LogP contribution in [0.4, 0.5) is 0 Å². The SMILES string of the molecule is COCc1ccc(C(=O)O[C@@H](C)C(=O)c2ccc3c(c2)CCC3)cc1. The van der Waals surface area contributed by atoms with Gasteiger partial charge in [-0.1, -0.05) is 24.3 Å². The summed E-state index contributed by atoms with van der Waals surface area (Å²) in [5.74, 6) is -0.662. The second-order valence-electron chi connectivity index (χ2n) is 6.38. The van der Waals surface area contributed by atoms with Crippen molar-refractivity contribution in [1.82, 2.24) is 0 Å². The molecule has 0 amide bonds. The summed E-state index contributed by atoms with van der Waals surface area (Å²) < 4.78 is 10.4. The van der Waals surface area contributed by atoms with Crippen LogP contribution in [0.2, 0.25) is 0 Å². The average molecular weight is 338 g/mol. The van der Waals surface area contributed by atoms with Gasteiger partial charge in [0.25, 0.3) is 0 Å². The molecule has 0 radical (unpaired) electrons. The summed E-state index contributed by atoms with van der Waals surface area (Å²) in [5, 5.41) is 0. The normalized spacial score (nSPS) is 14.0. The number of carbonyl (C=O) groups is 2. The zero-order chi connectivity index (χ0) is 17.8. The molecular weight excluding hydrogens is 316 g/mol. The largest absolute Gasteiger partial charge is 0.451 e. The van der Waals surface area contributed by atoms with E-state index in [4.69, 9.17) is 9.47 Å². The Balaban J connectivity index is 1.65. The van der Waals surface area contributed by atoms with Crippen molar-refractivity contribution < 1.29 is 19.1 Å². The summed E-state index contributed by atoms with van der Waals surface area (Å²) in [7, 11) is 1.62. The number of fused-ring (bicyclic) bond motifs is 1. The van der Waals surface area contributed by atoms with Crippen LogP contribution in [0.1, 0.15) is 50.8 Å². The molecular formula is C21H22O4. The Labute approximate surface area is 147 Å². The fourth-order valence-electron chi connectivity index (χ4n) is 3.15. The van der Waals surface area contributed by atoms with Crippen LogP contribution in [0.15, 0.2) is 42.5 Å². The van der Waals surface area contributed by atoms with Crippen LogP contribution in [0.3, 0.4) is 0 Å². The Morgan fingerprint density at radius 1 is 1.00 bits per heavy atom. The van der Waals surface area contributed by atoms with Crippen molar-refractivity contribution in [2.75, 3.05) is 7.11 Å². The van der Waals surface area contributed by atoms with Gasteiger partial charge in [-0.05, 0) is 61.1 Å². The van der Waals surface area contributed by atoms with E-state index < -0.39 is 12.1 Å². The quantitative estimate of drug-likeness (QED) is 0.594. The molecule has 0 aliphatic heterocycles. The zero-order valence-corrected chi connectivity index (χ0v) is 14.6. The average Bonchev–Trinajstić information content (AvgIpc) is 3.09. The molecule has 0 spiro atoms. The molecule has 4 heteroatoms. The van der Waals surface area contributed by atoms with Crippen molar-refractivity contribution in [2.45, 2.75) is 38.9 Å². The number of benzene rings is 2. The zero-order valence-electron chi connectivity index (χ0n) is 14.6. The Morgan fingerprint density at radius 2 is 1.68 bits per heavy atom. The molecule has 2 aromatic carbocycles. The van der Waals surface area contributed by atoms with Gasteiger partial charge >= 0.3 is 5.97 Å². The van der Waals surface area contributed by atoms with E-state index in [9.17, 15) is 9.59 Å². The Hall–Kier alpha value is -2.46. The third-order valence-corrected chi connectivity index (χ3v) is 4.54. The molecule has 1 aliphatic carbocycles. The number of Topliss-reactive ketones (excluding diaryl/α,β-unsaturated/α-hetero) is 1. The van der Waals surface area contributed by atoms with Crippen LogP contribution in [-0.2, 0) is 28.9 Å². The third-order valence-electron chi connectivity index (χ3n) is 4.54. The number of esters is 1. The number of hydrogen-bond donors (Lipinski definition) is 0. The number of aryl methyl sites for hydroxylation is 2. The van der Waals surface area contributed by atoms with E-state index >= 15 is 0 Å². The van der Waals surface area contributed by atoms with Gasteiger partial charge in [-0.2, -0.15) is 0 Å². The van der Waals surface area contributed by atoms with E-state index in [1.54, 1.807) is 26.2 Å². The first kappa shape index (κ1) is 17.4. The molecule has 1 aliphatic rings. The van der Waals surface area contributed by atoms with Crippen LogP contribution in [0.5, 0.6) is 0 Å². The van der Waals surface area contributed by atoms with Gasteiger partial charge in [0, 0.05) is 12.7 Å². The lowest BCUT2D eigenvalue weighted by molar-refractivity contribution is 0.0318. The Kier molecular flexibility index (Phi) is 5.29. The first-order valence-corrected chi connectivity index (χ1v) is 8.53. The fraction of sp³-hybridized carbons (Fsp3) is 0.333. The highest BCUT2D eigenvalue weighted by molar-refractivity contribution is 6.01. The lowest BCUT2D eigenvalue weighted by Crippen LogP contribution is -2.24. The van der Waals surface area contributed by atoms with Gasteiger partial charge < -0.3 is 9.47 Å². The Bertz CT molecular complexity index is 777. The summed E-state index contributed by atoms with van der Waals surface area (Å²) in [4.78, 5) is 24.8. The van der Waals surface area contributed by atoms with Gasteiger partial charge in [0.05, 0.1) is 12.2 Å². The standard InChI is InChI=1S/C21H22O4/c1-14(20(22)19-11-10-16-4-3-5-18(16)12-19)25-21(23)17-8-6-15(7-9-17)13-24-2/h6-12,14H,3-5,13H2,1-2H3/t14-/m0/s1.